The van der Waals surface area contributed by atoms with E-state index in [-0.39, 0.29) is 24.0 Å². The summed E-state index contributed by atoms with van der Waals surface area (Å²) >= 11 is 0. The molecule has 0 spiro atoms. The van der Waals surface area contributed by atoms with Gasteiger partial charge < -0.3 is 14.7 Å². The Balaban J connectivity index is 1.35. The number of aliphatic hydroxyl groups excluding tert-OH is 1. The largest absolute Gasteiger partial charge is 0.497 e. The minimum Gasteiger partial charge on any atom is -0.497 e. The van der Waals surface area contributed by atoms with Crippen LogP contribution >= 0.6 is 0 Å². The van der Waals surface area contributed by atoms with Crippen molar-refractivity contribution < 1.29 is 18.6 Å². The van der Waals surface area contributed by atoms with Crippen molar-refractivity contribution in [2.75, 3.05) is 33.4 Å². The van der Waals surface area contributed by atoms with E-state index in [1.807, 2.05) is 0 Å². The Hall–Kier alpha value is -1.79. The third kappa shape index (κ3) is 5.83. The van der Waals surface area contributed by atoms with Gasteiger partial charge in [-0.1, -0.05) is 32.1 Å². The highest BCUT2D eigenvalue weighted by molar-refractivity contribution is 5.84. The molecule has 0 radical (unpaired) electrons. The molecule has 0 bridgehead atoms. The molecule has 4 rings (SSSR count). The quantitative estimate of drug-likeness (QED) is 0.483. The molecule has 6 heteroatoms. The maximum atomic E-state index is 15.4. The lowest BCUT2D eigenvalue weighted by Gasteiger charge is -2.41. The van der Waals surface area contributed by atoms with Crippen molar-refractivity contribution in [2.45, 2.75) is 70.4 Å². The number of likely N-dealkylation sites (tertiary alicyclic amines) is 1. The fraction of sp³-hybridized carbons (Fsp3) is 0.667. The van der Waals surface area contributed by atoms with Crippen molar-refractivity contribution in [3.8, 4) is 5.75 Å². The smallest absolute Gasteiger partial charge is 0.148 e. The zero-order valence-corrected chi connectivity index (χ0v) is 19.9. The van der Waals surface area contributed by atoms with Crippen LogP contribution in [-0.4, -0.2) is 48.3 Å². The van der Waals surface area contributed by atoms with Crippen molar-refractivity contribution in [3.63, 3.8) is 0 Å². The predicted molar refractivity (Wildman–Crippen MR) is 128 cm³/mol. The SMILES string of the molecule is COc1ccc2ncc(F)c(C(F)CCC3(CO)CCN(CCC4CCCCC4)CC3)c2c1. The second-order valence-electron chi connectivity index (χ2n) is 10.2. The predicted octanol–water partition coefficient (Wildman–Crippen LogP) is 6.22. The first-order valence-corrected chi connectivity index (χ1v) is 12.6. The standard InChI is InChI=1S/C27H38F2N2O2/c1-33-21-7-8-25-22(17-21)26(24(29)18-30-25)23(28)9-11-27(19-32)12-15-31(16-13-27)14-10-20-5-3-2-4-6-20/h7-8,17-18,20,23,32H,2-6,9-16,19H2,1H3. The van der Waals surface area contributed by atoms with E-state index in [1.165, 1.54) is 45.6 Å². The van der Waals surface area contributed by atoms with Crippen molar-refractivity contribution in [3.05, 3.63) is 35.8 Å². The first-order valence-electron chi connectivity index (χ1n) is 12.6. The van der Waals surface area contributed by atoms with E-state index < -0.39 is 12.0 Å². The first-order chi connectivity index (χ1) is 16.0. The number of piperidine rings is 1. The number of nitrogens with zero attached hydrogens (tertiary/aromatic N) is 2. The number of methoxy groups -OCH3 is 1. The van der Waals surface area contributed by atoms with Crippen LogP contribution in [0.5, 0.6) is 5.75 Å². The van der Waals surface area contributed by atoms with Gasteiger partial charge in [0, 0.05) is 17.6 Å². The Labute approximate surface area is 196 Å². The van der Waals surface area contributed by atoms with Gasteiger partial charge in [-0.3, -0.25) is 4.98 Å². The summed E-state index contributed by atoms with van der Waals surface area (Å²) in [6.07, 6.45) is 10.3. The zero-order chi connectivity index (χ0) is 23.3. The molecule has 33 heavy (non-hydrogen) atoms. The number of benzene rings is 1. The summed E-state index contributed by atoms with van der Waals surface area (Å²) in [5.41, 5.74) is 0.331. The molecule has 1 aliphatic carbocycles. The Morgan fingerprint density at radius 2 is 1.97 bits per heavy atom. The Morgan fingerprint density at radius 1 is 1.21 bits per heavy atom. The maximum Gasteiger partial charge on any atom is 0.148 e. The summed E-state index contributed by atoms with van der Waals surface area (Å²) in [4.78, 5) is 6.61. The molecule has 2 aromatic rings. The molecular formula is C27H38F2N2O2. The van der Waals surface area contributed by atoms with Gasteiger partial charge in [-0.25, -0.2) is 8.78 Å². The second-order valence-corrected chi connectivity index (χ2v) is 10.2. The minimum absolute atomic E-state index is 0.0527. The van der Waals surface area contributed by atoms with Crippen molar-refractivity contribution >= 4 is 10.9 Å². The van der Waals surface area contributed by atoms with E-state index in [1.54, 1.807) is 18.2 Å². The molecule has 1 saturated carbocycles. The summed E-state index contributed by atoms with van der Waals surface area (Å²) < 4.78 is 35.3. The van der Waals surface area contributed by atoms with Crippen LogP contribution in [0.3, 0.4) is 0 Å². The Bertz CT molecular complexity index is 908. The lowest BCUT2D eigenvalue weighted by Crippen LogP contribution is -2.42. The third-order valence-corrected chi connectivity index (χ3v) is 8.14. The molecule has 1 aliphatic heterocycles. The first kappa shape index (κ1) is 24.3. The molecule has 4 nitrogen and oxygen atoms in total. The van der Waals surface area contributed by atoms with Crippen molar-refractivity contribution in [1.29, 1.82) is 0 Å². The van der Waals surface area contributed by atoms with Crippen LogP contribution in [-0.2, 0) is 0 Å². The molecule has 182 valence electrons. The number of halogens is 2. The number of fused-ring (bicyclic) bond motifs is 1. The fourth-order valence-corrected chi connectivity index (χ4v) is 5.77. The van der Waals surface area contributed by atoms with Gasteiger partial charge in [-0.15, -0.1) is 0 Å². The topological polar surface area (TPSA) is 45.6 Å². The average Bonchev–Trinajstić information content (AvgIpc) is 2.87. The molecule has 1 unspecified atom stereocenters. The van der Waals surface area contributed by atoms with Gasteiger partial charge >= 0.3 is 0 Å². The van der Waals surface area contributed by atoms with Gasteiger partial charge in [0.2, 0.25) is 0 Å². The number of hydrogen-bond acceptors (Lipinski definition) is 4. The van der Waals surface area contributed by atoms with Gasteiger partial charge in [-0.05, 0) is 81.3 Å². The van der Waals surface area contributed by atoms with Crippen LogP contribution in [0, 0.1) is 17.2 Å². The third-order valence-electron chi connectivity index (χ3n) is 8.14. The molecule has 1 aromatic carbocycles. The van der Waals surface area contributed by atoms with Gasteiger partial charge in [0.15, 0.2) is 0 Å². The number of aromatic nitrogens is 1. The highest BCUT2D eigenvalue weighted by Crippen LogP contribution is 2.41. The van der Waals surface area contributed by atoms with Crippen LogP contribution in [0.1, 0.15) is 75.9 Å². The zero-order valence-electron chi connectivity index (χ0n) is 19.9. The monoisotopic (exact) mass is 460 g/mol. The fourth-order valence-electron chi connectivity index (χ4n) is 5.77. The maximum absolute atomic E-state index is 15.4. The number of pyridine rings is 1. The molecular weight excluding hydrogens is 422 g/mol. The van der Waals surface area contributed by atoms with Gasteiger partial charge in [0.1, 0.15) is 17.7 Å². The van der Waals surface area contributed by atoms with Crippen LogP contribution < -0.4 is 4.74 Å². The Kier molecular flexibility index (Phi) is 8.18. The van der Waals surface area contributed by atoms with E-state index >= 15 is 4.39 Å². The number of aliphatic hydroxyl groups is 1. The van der Waals surface area contributed by atoms with Crippen LogP contribution in [0.15, 0.2) is 24.4 Å². The summed E-state index contributed by atoms with van der Waals surface area (Å²) in [6.45, 7) is 3.10. The minimum atomic E-state index is -1.45. The molecule has 1 atom stereocenters. The summed E-state index contributed by atoms with van der Waals surface area (Å²) in [5.74, 6) is 0.800. The molecule has 1 aromatic heterocycles. The number of alkyl halides is 1. The van der Waals surface area contributed by atoms with Crippen molar-refractivity contribution in [2.24, 2.45) is 11.3 Å². The van der Waals surface area contributed by atoms with E-state index in [2.05, 4.69) is 9.88 Å². The van der Waals surface area contributed by atoms with Gasteiger partial charge in [0.05, 0.1) is 18.8 Å². The molecule has 2 heterocycles. The van der Waals surface area contributed by atoms with Crippen molar-refractivity contribution in [1.82, 2.24) is 9.88 Å². The molecule has 2 fully saturated rings. The van der Waals surface area contributed by atoms with E-state index in [0.717, 1.165) is 44.6 Å². The van der Waals surface area contributed by atoms with Crippen LogP contribution in [0.25, 0.3) is 10.9 Å². The van der Waals surface area contributed by atoms with Gasteiger partial charge in [-0.2, -0.15) is 0 Å². The van der Waals surface area contributed by atoms with Crippen LogP contribution in [0.2, 0.25) is 0 Å². The highest BCUT2D eigenvalue weighted by Gasteiger charge is 2.35. The summed E-state index contributed by atoms with van der Waals surface area (Å²) in [5, 5.41) is 10.7. The van der Waals surface area contributed by atoms with E-state index in [4.69, 9.17) is 4.74 Å². The number of ether oxygens (including phenoxy) is 1. The number of hydrogen-bond donors (Lipinski definition) is 1. The molecule has 1 saturated heterocycles. The van der Waals surface area contributed by atoms with Crippen LogP contribution in [0.4, 0.5) is 8.78 Å². The van der Waals surface area contributed by atoms with E-state index in [9.17, 15) is 9.50 Å². The highest BCUT2D eigenvalue weighted by atomic mass is 19.1. The van der Waals surface area contributed by atoms with Gasteiger partial charge in [0.25, 0.3) is 0 Å². The number of rotatable bonds is 9. The lowest BCUT2D eigenvalue weighted by molar-refractivity contribution is 0.0280. The van der Waals surface area contributed by atoms with E-state index in [0.29, 0.717) is 23.1 Å². The molecule has 0 amide bonds. The normalized spacial score (nSPS) is 20.7. The summed E-state index contributed by atoms with van der Waals surface area (Å²) in [7, 11) is 1.53. The second kappa shape index (κ2) is 11.1. The molecule has 2 aliphatic rings. The average molecular weight is 461 g/mol. The Morgan fingerprint density at radius 3 is 2.67 bits per heavy atom. The molecule has 1 N–H and O–H groups in total. The summed E-state index contributed by atoms with van der Waals surface area (Å²) in [6, 6.07) is 5.12. The lowest BCUT2D eigenvalue weighted by atomic mass is 9.74.